The summed E-state index contributed by atoms with van der Waals surface area (Å²) in [6.07, 6.45) is 0.340. The Kier molecular flexibility index (Phi) is 7.81. The highest BCUT2D eigenvalue weighted by Crippen LogP contribution is 2.11. The molecule has 0 unspecified atom stereocenters. The summed E-state index contributed by atoms with van der Waals surface area (Å²) in [6, 6.07) is 5.29. The summed E-state index contributed by atoms with van der Waals surface area (Å²) >= 11 is 0. The number of hydrogen-bond donors (Lipinski definition) is 2. The van der Waals surface area contributed by atoms with Gasteiger partial charge in [-0.05, 0) is 51.5 Å². The van der Waals surface area contributed by atoms with Crippen LogP contribution in [-0.2, 0) is 9.53 Å². The van der Waals surface area contributed by atoms with Crippen LogP contribution in [0.1, 0.15) is 33.6 Å². The molecule has 1 aromatic rings. The van der Waals surface area contributed by atoms with Crippen molar-refractivity contribution in [1.82, 2.24) is 15.1 Å². The smallest absolute Gasteiger partial charge is 0.407 e. The van der Waals surface area contributed by atoms with Crippen molar-refractivity contribution in [2.45, 2.75) is 39.2 Å². The molecule has 1 aliphatic rings. The van der Waals surface area contributed by atoms with Crippen molar-refractivity contribution < 1.29 is 23.5 Å². The van der Waals surface area contributed by atoms with E-state index in [-0.39, 0.29) is 17.8 Å². The van der Waals surface area contributed by atoms with E-state index in [9.17, 15) is 18.8 Å². The van der Waals surface area contributed by atoms with Gasteiger partial charge in [0.05, 0.1) is 0 Å². The number of urea groups is 1. The maximum Gasteiger partial charge on any atom is 0.407 e. The first kappa shape index (κ1) is 22.4. The number of carbonyl (C=O) groups excluding carboxylic acids is 3. The molecule has 0 spiro atoms. The Morgan fingerprint density at radius 1 is 1.03 bits per heavy atom. The SMILES string of the molecule is CC(C)(C)OC(=O)NCCCC(=O)N1CCN(C(=O)Nc2ccc(F)cc2)CC1. The van der Waals surface area contributed by atoms with Gasteiger partial charge in [0.1, 0.15) is 11.4 Å². The summed E-state index contributed by atoms with van der Waals surface area (Å²) in [4.78, 5) is 39.5. The summed E-state index contributed by atoms with van der Waals surface area (Å²) < 4.78 is 18.1. The lowest BCUT2D eigenvalue weighted by molar-refractivity contribution is -0.132. The van der Waals surface area contributed by atoms with Gasteiger partial charge in [-0.25, -0.2) is 14.0 Å². The lowest BCUT2D eigenvalue weighted by Crippen LogP contribution is -2.51. The highest BCUT2D eigenvalue weighted by molar-refractivity contribution is 5.89. The third kappa shape index (κ3) is 7.97. The van der Waals surface area contributed by atoms with Gasteiger partial charge in [0.2, 0.25) is 5.91 Å². The summed E-state index contributed by atoms with van der Waals surface area (Å²) in [5.41, 5.74) is -0.0323. The minimum Gasteiger partial charge on any atom is -0.444 e. The fourth-order valence-corrected chi connectivity index (χ4v) is 2.80. The normalized spacial score (nSPS) is 14.3. The maximum atomic E-state index is 12.9. The Balaban J connectivity index is 1.65. The van der Waals surface area contributed by atoms with Crippen molar-refractivity contribution in [3.63, 3.8) is 0 Å². The molecule has 2 N–H and O–H groups in total. The number of halogens is 1. The molecule has 4 amide bonds. The molecule has 160 valence electrons. The number of benzene rings is 1. The molecule has 1 aliphatic heterocycles. The zero-order chi connectivity index (χ0) is 21.4. The number of carbonyl (C=O) groups is 3. The first-order valence-corrected chi connectivity index (χ1v) is 9.70. The number of amides is 4. The number of rotatable bonds is 5. The Morgan fingerprint density at radius 3 is 2.21 bits per heavy atom. The molecule has 0 aliphatic carbocycles. The van der Waals surface area contributed by atoms with Crippen molar-refractivity contribution in [2.75, 3.05) is 38.0 Å². The molecule has 0 radical (unpaired) electrons. The van der Waals surface area contributed by atoms with E-state index in [1.807, 2.05) is 0 Å². The van der Waals surface area contributed by atoms with Crippen molar-refractivity contribution >= 4 is 23.7 Å². The number of alkyl carbamates (subject to hydrolysis) is 1. The molecular formula is C20H29FN4O4. The highest BCUT2D eigenvalue weighted by atomic mass is 19.1. The van der Waals surface area contributed by atoms with Crippen LogP contribution in [0.25, 0.3) is 0 Å². The quantitative estimate of drug-likeness (QED) is 0.733. The largest absolute Gasteiger partial charge is 0.444 e. The topological polar surface area (TPSA) is 91.0 Å². The van der Waals surface area contributed by atoms with Crippen LogP contribution in [0.3, 0.4) is 0 Å². The van der Waals surface area contributed by atoms with Crippen LogP contribution >= 0.6 is 0 Å². The van der Waals surface area contributed by atoms with Gasteiger partial charge in [0.15, 0.2) is 0 Å². The molecule has 0 saturated carbocycles. The second kappa shape index (κ2) is 10.1. The number of nitrogens with one attached hydrogen (secondary N) is 2. The summed E-state index contributed by atoms with van der Waals surface area (Å²) in [5, 5.41) is 5.35. The van der Waals surface area contributed by atoms with E-state index in [0.29, 0.717) is 51.3 Å². The van der Waals surface area contributed by atoms with E-state index < -0.39 is 11.7 Å². The van der Waals surface area contributed by atoms with E-state index in [1.54, 1.807) is 30.6 Å². The molecule has 0 atom stereocenters. The lowest BCUT2D eigenvalue weighted by atomic mass is 10.2. The molecule has 0 aromatic heterocycles. The highest BCUT2D eigenvalue weighted by Gasteiger charge is 2.24. The summed E-state index contributed by atoms with van der Waals surface area (Å²) in [7, 11) is 0. The van der Waals surface area contributed by atoms with E-state index in [2.05, 4.69) is 10.6 Å². The fraction of sp³-hybridized carbons (Fsp3) is 0.550. The third-order valence-electron chi connectivity index (χ3n) is 4.25. The molecule has 9 heteroatoms. The average molecular weight is 408 g/mol. The molecule has 1 aromatic carbocycles. The van der Waals surface area contributed by atoms with Crippen LogP contribution in [0.4, 0.5) is 19.7 Å². The van der Waals surface area contributed by atoms with E-state index in [0.717, 1.165) is 0 Å². The minimum atomic E-state index is -0.553. The Bertz CT molecular complexity index is 710. The molecular weight excluding hydrogens is 379 g/mol. The molecule has 0 bridgehead atoms. The lowest BCUT2D eigenvalue weighted by Gasteiger charge is -2.34. The molecule has 1 saturated heterocycles. The number of anilines is 1. The number of nitrogens with zero attached hydrogens (tertiary/aromatic N) is 2. The zero-order valence-corrected chi connectivity index (χ0v) is 17.2. The van der Waals surface area contributed by atoms with E-state index in [4.69, 9.17) is 4.74 Å². The second-order valence-corrected chi connectivity index (χ2v) is 7.84. The monoisotopic (exact) mass is 408 g/mol. The van der Waals surface area contributed by atoms with E-state index >= 15 is 0 Å². The fourth-order valence-electron chi connectivity index (χ4n) is 2.80. The third-order valence-corrected chi connectivity index (χ3v) is 4.25. The molecule has 8 nitrogen and oxygen atoms in total. The molecule has 1 fully saturated rings. The van der Waals surface area contributed by atoms with Crippen LogP contribution in [0.5, 0.6) is 0 Å². The number of piperazine rings is 1. The van der Waals surface area contributed by atoms with Crippen molar-refractivity contribution in [3.05, 3.63) is 30.1 Å². The van der Waals surface area contributed by atoms with Crippen molar-refractivity contribution in [1.29, 1.82) is 0 Å². The Morgan fingerprint density at radius 2 is 1.62 bits per heavy atom. The van der Waals surface area contributed by atoms with Gasteiger partial charge in [-0.3, -0.25) is 4.79 Å². The minimum absolute atomic E-state index is 0.00502. The van der Waals surface area contributed by atoms with Gasteiger partial charge in [0.25, 0.3) is 0 Å². The predicted molar refractivity (Wildman–Crippen MR) is 107 cm³/mol. The Labute approximate surface area is 170 Å². The zero-order valence-electron chi connectivity index (χ0n) is 17.2. The van der Waals surface area contributed by atoms with E-state index in [1.165, 1.54) is 24.3 Å². The standard InChI is InChI=1S/C20H29FN4O4/c1-20(2,3)29-19(28)22-10-4-5-17(26)24-11-13-25(14-12-24)18(27)23-16-8-6-15(21)7-9-16/h6-9H,4-5,10-14H2,1-3H3,(H,22,28)(H,23,27). The van der Waals surface area contributed by atoms with Gasteiger partial charge in [-0.15, -0.1) is 0 Å². The van der Waals surface area contributed by atoms with Crippen molar-refractivity contribution in [3.8, 4) is 0 Å². The first-order valence-electron chi connectivity index (χ1n) is 9.70. The second-order valence-electron chi connectivity index (χ2n) is 7.84. The van der Waals surface area contributed by atoms with Crippen LogP contribution in [0.2, 0.25) is 0 Å². The van der Waals surface area contributed by atoms with Gasteiger partial charge >= 0.3 is 12.1 Å². The molecule has 1 heterocycles. The molecule has 29 heavy (non-hydrogen) atoms. The average Bonchev–Trinajstić information content (AvgIpc) is 2.65. The van der Waals surface area contributed by atoms with Gasteiger partial charge in [-0.1, -0.05) is 0 Å². The Hall–Kier alpha value is -2.84. The van der Waals surface area contributed by atoms with Crippen LogP contribution in [0.15, 0.2) is 24.3 Å². The first-order chi connectivity index (χ1) is 13.6. The summed E-state index contributed by atoms with van der Waals surface area (Å²) in [6.45, 7) is 7.48. The summed E-state index contributed by atoms with van der Waals surface area (Å²) in [5.74, 6) is -0.369. The predicted octanol–water partition coefficient (Wildman–Crippen LogP) is 2.81. The van der Waals surface area contributed by atoms with Crippen LogP contribution in [-0.4, -0.2) is 66.2 Å². The number of hydrogen-bond acceptors (Lipinski definition) is 4. The van der Waals surface area contributed by atoms with Crippen LogP contribution < -0.4 is 10.6 Å². The van der Waals surface area contributed by atoms with Gasteiger partial charge < -0.3 is 25.2 Å². The van der Waals surface area contributed by atoms with Gasteiger partial charge in [0, 0.05) is 44.8 Å². The maximum absolute atomic E-state index is 12.9. The van der Waals surface area contributed by atoms with Crippen LogP contribution in [0, 0.1) is 5.82 Å². The number of ether oxygens (including phenoxy) is 1. The molecule has 2 rings (SSSR count). The van der Waals surface area contributed by atoms with Crippen molar-refractivity contribution in [2.24, 2.45) is 0 Å². The van der Waals surface area contributed by atoms with Gasteiger partial charge in [-0.2, -0.15) is 0 Å².